The highest BCUT2D eigenvalue weighted by molar-refractivity contribution is 7.95. The summed E-state index contributed by atoms with van der Waals surface area (Å²) in [6.07, 6.45) is -5.37. The van der Waals surface area contributed by atoms with Gasteiger partial charge in [0.2, 0.25) is 0 Å². The van der Waals surface area contributed by atoms with Crippen LogP contribution in [0.1, 0.15) is 15.9 Å². The summed E-state index contributed by atoms with van der Waals surface area (Å²) in [6.45, 7) is 2.96. The first-order valence-corrected chi connectivity index (χ1v) is 12.0. The second-order valence-corrected chi connectivity index (χ2v) is 9.28. The molecule has 2 aromatic rings. The molecule has 0 radical (unpaired) electrons. The van der Waals surface area contributed by atoms with Crippen LogP contribution in [0.2, 0.25) is 0 Å². The van der Waals surface area contributed by atoms with Gasteiger partial charge in [0.05, 0.1) is 37.4 Å². The summed E-state index contributed by atoms with van der Waals surface area (Å²) in [5, 5.41) is 39.3. The highest BCUT2D eigenvalue weighted by Crippen LogP contribution is 2.33. The number of rotatable bonds is 6. The number of hydrogen-bond donors (Lipinski definition) is 4. The fraction of sp³-hybridized carbons (Fsp3) is 0.458. The molecule has 11 heteroatoms. The number of aliphatic hydroxyl groups excluding tert-OH is 4. The Balaban J connectivity index is 1.47. The molecule has 0 bridgehead atoms. The zero-order chi connectivity index (χ0) is 25.1. The van der Waals surface area contributed by atoms with Crippen LogP contribution < -0.4 is 4.18 Å². The van der Waals surface area contributed by atoms with Gasteiger partial charge < -0.3 is 39.0 Å². The fourth-order valence-corrected chi connectivity index (χ4v) is 4.82. The van der Waals surface area contributed by atoms with E-state index in [9.17, 15) is 29.6 Å². The molecule has 2 aliphatic heterocycles. The van der Waals surface area contributed by atoms with Crippen molar-refractivity contribution in [3.05, 3.63) is 53.3 Å². The molecule has 2 fully saturated rings. The van der Waals surface area contributed by atoms with Crippen molar-refractivity contribution in [3.63, 3.8) is 0 Å². The van der Waals surface area contributed by atoms with E-state index in [1.165, 1.54) is 12.1 Å². The molecule has 2 heterocycles. The largest absolute Gasteiger partial charge is 0.423 e. The van der Waals surface area contributed by atoms with E-state index >= 15 is 0 Å². The third-order valence-corrected chi connectivity index (χ3v) is 6.94. The smallest absolute Gasteiger partial charge is 0.257 e. The van der Waals surface area contributed by atoms with E-state index < -0.39 is 42.3 Å². The monoisotopic (exact) mass is 509 g/mol. The number of aliphatic hydroxyl groups is 4. The van der Waals surface area contributed by atoms with Gasteiger partial charge in [-0.15, -0.1) is 0 Å². The number of carbonyl (C=O) groups excluding carboxylic acids is 1. The van der Waals surface area contributed by atoms with Crippen LogP contribution in [0.4, 0.5) is 4.39 Å². The van der Waals surface area contributed by atoms with Crippen LogP contribution in [-0.4, -0.2) is 94.0 Å². The van der Waals surface area contributed by atoms with Crippen molar-refractivity contribution >= 4 is 17.9 Å². The number of ether oxygens (including phenoxy) is 2. The third kappa shape index (κ3) is 5.61. The summed E-state index contributed by atoms with van der Waals surface area (Å²) >= 11 is 0.759. The predicted octanol–water partition coefficient (Wildman–Crippen LogP) is 1.10. The highest BCUT2D eigenvalue weighted by Gasteiger charge is 2.44. The molecule has 4 rings (SSSR count). The molecular formula is C24H28FNO8S. The summed E-state index contributed by atoms with van der Waals surface area (Å²) in [7, 11) is 0. The maximum absolute atomic E-state index is 14.5. The van der Waals surface area contributed by atoms with Crippen LogP contribution in [0.15, 0.2) is 36.4 Å². The minimum absolute atomic E-state index is 0.000512. The second-order valence-electron chi connectivity index (χ2n) is 8.46. The van der Waals surface area contributed by atoms with Crippen LogP contribution in [0.5, 0.6) is 5.75 Å². The Morgan fingerprint density at radius 1 is 1.09 bits per heavy atom. The van der Waals surface area contributed by atoms with E-state index in [0.717, 1.165) is 23.2 Å². The molecule has 0 aromatic heterocycles. The van der Waals surface area contributed by atoms with Gasteiger partial charge in [-0.3, -0.25) is 4.79 Å². The predicted molar refractivity (Wildman–Crippen MR) is 125 cm³/mol. The van der Waals surface area contributed by atoms with Crippen LogP contribution in [0.25, 0.3) is 11.1 Å². The molecule has 0 aliphatic carbocycles. The first kappa shape index (κ1) is 25.8. The molecule has 1 unspecified atom stereocenters. The van der Waals surface area contributed by atoms with Crippen molar-refractivity contribution in [2.75, 3.05) is 32.9 Å². The van der Waals surface area contributed by atoms with Crippen LogP contribution >= 0.6 is 12.0 Å². The van der Waals surface area contributed by atoms with Gasteiger partial charge in [0, 0.05) is 13.1 Å². The summed E-state index contributed by atoms with van der Waals surface area (Å²) in [5.41, 5.74) is 1.11. The lowest BCUT2D eigenvalue weighted by Crippen LogP contribution is -2.57. The van der Waals surface area contributed by atoms with Gasteiger partial charge in [-0.05, 0) is 47.9 Å². The average Bonchev–Trinajstić information content (AvgIpc) is 2.88. The summed E-state index contributed by atoms with van der Waals surface area (Å²) in [6, 6.07) is 9.67. The highest BCUT2D eigenvalue weighted by atomic mass is 32.2. The molecule has 4 N–H and O–H groups in total. The molecule has 35 heavy (non-hydrogen) atoms. The Labute approximate surface area is 206 Å². The minimum Gasteiger partial charge on any atom is -0.423 e. The fourth-order valence-electron chi connectivity index (χ4n) is 3.97. The Kier molecular flexibility index (Phi) is 8.27. The first-order chi connectivity index (χ1) is 16.8. The lowest BCUT2D eigenvalue weighted by Gasteiger charge is -2.38. The second kappa shape index (κ2) is 11.2. The number of carbonyl (C=O) groups is 1. The van der Waals surface area contributed by atoms with E-state index in [-0.39, 0.29) is 11.5 Å². The maximum Gasteiger partial charge on any atom is 0.257 e. The molecule has 2 aromatic carbocycles. The van der Waals surface area contributed by atoms with Crippen LogP contribution in [-0.2, 0) is 9.47 Å². The number of morpholine rings is 1. The normalized spacial score (nSPS) is 27.0. The number of amides is 1. The van der Waals surface area contributed by atoms with E-state index in [0.29, 0.717) is 37.6 Å². The van der Waals surface area contributed by atoms with Gasteiger partial charge in [0.15, 0.2) is 5.44 Å². The number of aryl methyl sites for hydroxylation is 1. The topological polar surface area (TPSA) is 129 Å². The van der Waals surface area contributed by atoms with E-state index in [1.807, 2.05) is 6.07 Å². The summed E-state index contributed by atoms with van der Waals surface area (Å²) in [4.78, 5) is 14.4. The molecule has 2 saturated heterocycles. The van der Waals surface area contributed by atoms with Gasteiger partial charge in [-0.2, -0.15) is 0 Å². The zero-order valence-corrected chi connectivity index (χ0v) is 19.9. The Morgan fingerprint density at radius 2 is 1.77 bits per heavy atom. The molecular weight excluding hydrogens is 481 g/mol. The molecule has 0 spiro atoms. The first-order valence-electron chi connectivity index (χ1n) is 11.2. The van der Waals surface area contributed by atoms with Gasteiger partial charge >= 0.3 is 0 Å². The van der Waals surface area contributed by atoms with Crippen molar-refractivity contribution in [1.82, 2.24) is 4.90 Å². The SMILES string of the molecule is Cc1cc(-c2ccc(F)c(C(=O)N3CCOCC3)c2)ccc1OSC1O[C@@H](CO)[C@H](O)[C@@H](O)[C@H]1O. The van der Waals surface area contributed by atoms with Gasteiger partial charge in [-0.25, -0.2) is 4.39 Å². The van der Waals surface area contributed by atoms with Gasteiger partial charge in [0.25, 0.3) is 5.91 Å². The standard InChI is InChI=1S/C24H28FNO8S/c1-13-10-14(15-2-4-17(25)16(11-15)23(31)26-6-8-32-9-7-26)3-5-18(13)34-35-24-22(30)21(29)20(28)19(12-27)33-24/h2-5,10-11,19-22,24,27-30H,6-9,12H2,1H3/t19-,20-,21+,22+,24?/m0/s1. The van der Waals surface area contributed by atoms with Crippen molar-refractivity contribution in [2.45, 2.75) is 36.8 Å². The van der Waals surface area contributed by atoms with E-state index in [1.54, 1.807) is 30.0 Å². The van der Waals surface area contributed by atoms with Gasteiger partial charge in [0.1, 0.15) is 36.0 Å². The third-order valence-electron chi connectivity index (χ3n) is 6.08. The van der Waals surface area contributed by atoms with Crippen molar-refractivity contribution in [3.8, 4) is 16.9 Å². The van der Waals surface area contributed by atoms with Crippen LogP contribution in [0, 0.1) is 12.7 Å². The molecule has 5 atom stereocenters. The Hall–Kier alpha value is -2.25. The average molecular weight is 510 g/mol. The Bertz CT molecular complexity index is 1050. The molecule has 190 valence electrons. The van der Waals surface area contributed by atoms with Gasteiger partial charge in [-0.1, -0.05) is 12.1 Å². The van der Waals surface area contributed by atoms with Crippen molar-refractivity contribution in [1.29, 1.82) is 0 Å². The number of hydrogen-bond acceptors (Lipinski definition) is 9. The number of halogens is 1. The lowest BCUT2D eigenvalue weighted by molar-refractivity contribution is -0.206. The lowest BCUT2D eigenvalue weighted by atomic mass is 10.00. The summed E-state index contributed by atoms with van der Waals surface area (Å²) in [5.74, 6) is -0.500. The Morgan fingerprint density at radius 3 is 2.46 bits per heavy atom. The van der Waals surface area contributed by atoms with Crippen molar-refractivity contribution < 1.29 is 43.3 Å². The minimum atomic E-state index is -1.49. The van der Waals surface area contributed by atoms with Crippen molar-refractivity contribution in [2.24, 2.45) is 0 Å². The molecule has 1 amide bonds. The number of benzene rings is 2. The zero-order valence-electron chi connectivity index (χ0n) is 19.0. The summed E-state index contributed by atoms with van der Waals surface area (Å²) < 4.78 is 30.9. The van der Waals surface area contributed by atoms with Crippen LogP contribution in [0.3, 0.4) is 0 Å². The quantitative estimate of drug-likeness (QED) is 0.423. The number of nitrogens with zero attached hydrogens (tertiary/aromatic N) is 1. The van der Waals surface area contributed by atoms with E-state index in [4.69, 9.17) is 13.7 Å². The van der Waals surface area contributed by atoms with E-state index in [2.05, 4.69) is 0 Å². The molecule has 2 aliphatic rings. The maximum atomic E-state index is 14.5. The molecule has 9 nitrogen and oxygen atoms in total. The molecule has 0 saturated carbocycles.